The molecule has 96 valence electrons. The average molecular weight is 271 g/mol. The van der Waals surface area contributed by atoms with Gasteiger partial charge in [-0.05, 0) is 23.8 Å². The first-order valence-corrected chi connectivity index (χ1v) is 6.20. The number of nitrogens with one attached hydrogen (secondary N) is 1. The van der Waals surface area contributed by atoms with E-state index in [9.17, 15) is 13.2 Å². The van der Waals surface area contributed by atoms with Crippen LogP contribution in [0.25, 0.3) is 10.9 Å². The minimum atomic E-state index is -4.59. The Morgan fingerprint density at radius 2 is 2.11 bits per heavy atom. The predicted molar refractivity (Wildman–Crippen MR) is 61.8 cm³/mol. The van der Waals surface area contributed by atoms with Gasteiger partial charge >= 0.3 is 16.4 Å². The topological polar surface area (TPSA) is 117 Å². The number of aromatic nitrogens is 1. The lowest BCUT2D eigenvalue weighted by molar-refractivity contribution is -0.136. The number of hydrogen-bond acceptors (Lipinski definition) is 4. The van der Waals surface area contributed by atoms with Crippen molar-refractivity contribution in [2.24, 2.45) is 0 Å². The number of fused-ring (bicyclic) bond motifs is 1. The van der Waals surface area contributed by atoms with Gasteiger partial charge in [-0.3, -0.25) is 9.35 Å². The Hall–Kier alpha value is -2.06. The van der Waals surface area contributed by atoms with Gasteiger partial charge in [0.05, 0.1) is 6.42 Å². The largest absolute Gasteiger partial charge is 0.481 e. The van der Waals surface area contributed by atoms with Gasteiger partial charge in [-0.25, -0.2) is 0 Å². The van der Waals surface area contributed by atoms with Crippen LogP contribution < -0.4 is 4.18 Å². The van der Waals surface area contributed by atoms with Gasteiger partial charge in [-0.15, -0.1) is 0 Å². The number of aliphatic carboxylic acids is 1. The molecule has 0 atom stereocenters. The summed E-state index contributed by atoms with van der Waals surface area (Å²) in [7, 11) is -4.59. The molecule has 0 unspecified atom stereocenters. The summed E-state index contributed by atoms with van der Waals surface area (Å²) in [6, 6.07) is 4.22. The number of rotatable bonds is 4. The Kier molecular flexibility index (Phi) is 2.97. The fourth-order valence-electron chi connectivity index (χ4n) is 1.64. The van der Waals surface area contributed by atoms with Crippen LogP contribution in [0.5, 0.6) is 5.75 Å². The number of carbonyl (C=O) groups is 1. The molecule has 2 aromatic rings. The van der Waals surface area contributed by atoms with Gasteiger partial charge in [0.25, 0.3) is 0 Å². The zero-order chi connectivity index (χ0) is 13.3. The molecule has 0 bridgehead atoms. The van der Waals surface area contributed by atoms with E-state index >= 15 is 0 Å². The number of aromatic amines is 1. The predicted octanol–water partition coefficient (Wildman–Crippen LogP) is 0.977. The Bertz CT molecular complexity index is 702. The van der Waals surface area contributed by atoms with Crippen molar-refractivity contribution in [1.82, 2.24) is 4.98 Å². The molecule has 0 aliphatic carbocycles. The molecule has 0 aliphatic heterocycles. The van der Waals surface area contributed by atoms with E-state index in [1.807, 2.05) is 0 Å². The summed E-state index contributed by atoms with van der Waals surface area (Å²) in [5.74, 6) is -1.09. The first kappa shape index (κ1) is 12.4. The number of hydrogen-bond donors (Lipinski definition) is 3. The minimum Gasteiger partial charge on any atom is -0.481 e. The molecule has 0 amide bonds. The second kappa shape index (κ2) is 4.31. The Balaban J connectivity index is 2.45. The average Bonchev–Trinajstić information content (AvgIpc) is 2.58. The maximum atomic E-state index is 10.6. The summed E-state index contributed by atoms with van der Waals surface area (Å²) in [5, 5.41) is 9.25. The molecule has 1 heterocycles. The Morgan fingerprint density at radius 3 is 2.72 bits per heavy atom. The third kappa shape index (κ3) is 2.79. The molecule has 0 saturated carbocycles. The van der Waals surface area contributed by atoms with Crippen LogP contribution in [0.3, 0.4) is 0 Å². The highest BCUT2D eigenvalue weighted by Gasteiger charge is 2.11. The van der Waals surface area contributed by atoms with Crippen molar-refractivity contribution >= 4 is 27.3 Å². The van der Waals surface area contributed by atoms with Gasteiger partial charge in [0.2, 0.25) is 0 Å². The lowest BCUT2D eigenvalue weighted by atomic mass is 10.1. The number of benzene rings is 1. The molecule has 0 saturated heterocycles. The van der Waals surface area contributed by atoms with Crippen LogP contribution >= 0.6 is 0 Å². The fraction of sp³-hybridized carbons (Fsp3) is 0.100. The molecule has 0 radical (unpaired) electrons. The van der Waals surface area contributed by atoms with Gasteiger partial charge < -0.3 is 14.3 Å². The molecule has 0 fully saturated rings. The summed E-state index contributed by atoms with van der Waals surface area (Å²) in [5.41, 5.74) is 1.15. The van der Waals surface area contributed by atoms with Crippen molar-refractivity contribution in [1.29, 1.82) is 0 Å². The summed E-state index contributed by atoms with van der Waals surface area (Å²) >= 11 is 0. The molecular formula is C10H9NO6S. The van der Waals surface area contributed by atoms with Gasteiger partial charge in [0, 0.05) is 17.1 Å². The molecule has 3 N–H and O–H groups in total. The smallest absolute Gasteiger partial charge is 0.446 e. The van der Waals surface area contributed by atoms with Crippen molar-refractivity contribution in [3.8, 4) is 5.75 Å². The standard InChI is InChI=1S/C10H9NO6S/c12-10(13)3-6-5-11-9-2-1-7(4-8(6)9)17-18(14,15)16/h1-2,4-5,11H,3H2,(H,12,13)(H,14,15,16). The van der Waals surface area contributed by atoms with Crippen LogP contribution in [0.1, 0.15) is 5.56 Å². The van der Waals surface area contributed by atoms with E-state index in [4.69, 9.17) is 9.66 Å². The van der Waals surface area contributed by atoms with Crippen LogP contribution in [-0.4, -0.2) is 29.0 Å². The van der Waals surface area contributed by atoms with Crippen LogP contribution in [0.2, 0.25) is 0 Å². The summed E-state index contributed by atoms with van der Waals surface area (Å²) in [4.78, 5) is 13.5. The monoisotopic (exact) mass is 271 g/mol. The van der Waals surface area contributed by atoms with E-state index in [1.165, 1.54) is 24.4 Å². The molecule has 18 heavy (non-hydrogen) atoms. The second-order valence-corrected chi connectivity index (χ2v) is 4.63. The Labute approximate surface area is 102 Å². The number of carboxylic acid groups (broad SMARTS) is 1. The number of carboxylic acids is 1. The van der Waals surface area contributed by atoms with Crippen molar-refractivity contribution < 1.29 is 27.1 Å². The zero-order valence-electron chi connectivity index (χ0n) is 8.95. The molecule has 1 aromatic carbocycles. The maximum absolute atomic E-state index is 10.6. The van der Waals surface area contributed by atoms with Crippen molar-refractivity contribution in [3.63, 3.8) is 0 Å². The third-order valence-corrected chi connectivity index (χ3v) is 2.69. The van der Waals surface area contributed by atoms with Gasteiger partial charge in [0.1, 0.15) is 5.75 Å². The highest BCUT2D eigenvalue weighted by molar-refractivity contribution is 7.81. The van der Waals surface area contributed by atoms with Crippen molar-refractivity contribution in [2.75, 3.05) is 0 Å². The second-order valence-electron chi connectivity index (χ2n) is 3.60. The minimum absolute atomic E-state index is 0.0868. The summed E-state index contributed by atoms with van der Waals surface area (Å²) < 4.78 is 34.0. The summed E-state index contributed by atoms with van der Waals surface area (Å²) in [6.07, 6.45) is 1.32. The quantitative estimate of drug-likeness (QED) is 0.713. The van der Waals surface area contributed by atoms with Gasteiger partial charge in [0.15, 0.2) is 0 Å². The molecule has 0 spiro atoms. The molecule has 8 heteroatoms. The maximum Gasteiger partial charge on any atom is 0.446 e. The van der Waals surface area contributed by atoms with Crippen LogP contribution in [0, 0.1) is 0 Å². The lowest BCUT2D eigenvalue weighted by Crippen LogP contribution is -2.06. The van der Waals surface area contributed by atoms with E-state index in [2.05, 4.69) is 9.17 Å². The van der Waals surface area contributed by atoms with Gasteiger partial charge in [-0.1, -0.05) is 0 Å². The first-order valence-electron chi connectivity index (χ1n) is 4.84. The molecule has 2 rings (SSSR count). The zero-order valence-corrected chi connectivity index (χ0v) is 9.77. The van der Waals surface area contributed by atoms with Crippen LogP contribution in [0.4, 0.5) is 0 Å². The fourth-order valence-corrected chi connectivity index (χ4v) is 1.99. The molecule has 7 nitrogen and oxygen atoms in total. The van der Waals surface area contributed by atoms with Crippen LogP contribution in [0.15, 0.2) is 24.4 Å². The lowest BCUT2D eigenvalue weighted by Gasteiger charge is -2.02. The van der Waals surface area contributed by atoms with Gasteiger partial charge in [-0.2, -0.15) is 8.42 Å². The molecule has 1 aromatic heterocycles. The highest BCUT2D eigenvalue weighted by atomic mass is 32.3. The third-order valence-electron chi connectivity index (χ3n) is 2.28. The Morgan fingerprint density at radius 1 is 1.39 bits per heavy atom. The number of H-pyrrole nitrogens is 1. The van der Waals surface area contributed by atoms with E-state index in [-0.39, 0.29) is 12.2 Å². The first-order chi connectivity index (χ1) is 8.35. The highest BCUT2D eigenvalue weighted by Crippen LogP contribution is 2.24. The molecular weight excluding hydrogens is 262 g/mol. The van der Waals surface area contributed by atoms with Crippen molar-refractivity contribution in [2.45, 2.75) is 6.42 Å². The van der Waals surface area contributed by atoms with E-state index in [0.29, 0.717) is 16.5 Å². The SMILES string of the molecule is O=C(O)Cc1c[nH]c2ccc(OS(=O)(=O)O)cc12. The molecule has 0 aliphatic rings. The van der Waals surface area contributed by atoms with E-state index in [0.717, 1.165) is 0 Å². The van der Waals surface area contributed by atoms with Crippen LogP contribution in [-0.2, 0) is 21.6 Å². The van der Waals surface area contributed by atoms with E-state index in [1.54, 1.807) is 0 Å². The van der Waals surface area contributed by atoms with E-state index < -0.39 is 16.4 Å². The normalized spacial score (nSPS) is 11.6. The summed E-state index contributed by atoms with van der Waals surface area (Å²) in [6.45, 7) is 0. The van der Waals surface area contributed by atoms with Crippen molar-refractivity contribution in [3.05, 3.63) is 30.0 Å².